The summed E-state index contributed by atoms with van der Waals surface area (Å²) in [5.74, 6) is -0.140. The number of anilines is 1. The molecule has 140 valence electrons. The van der Waals surface area contributed by atoms with Crippen molar-refractivity contribution < 1.29 is 14.3 Å². The molecule has 1 aromatic carbocycles. The van der Waals surface area contributed by atoms with Gasteiger partial charge in [-0.15, -0.1) is 0 Å². The van der Waals surface area contributed by atoms with E-state index in [-0.39, 0.29) is 17.9 Å². The standard InChI is InChI=1S/C19H25N3O3S/c1-2-25-18(24)14-7-9-15(10-8-14)20-19(26)22-13-5-6-16(22)17(23)21-11-3-4-12-21/h7-10,16H,2-6,11-13H2,1H3,(H,20,26)/t16-/m1/s1. The van der Waals surface area contributed by atoms with Crippen LogP contribution in [0.3, 0.4) is 0 Å². The summed E-state index contributed by atoms with van der Waals surface area (Å²) in [7, 11) is 0. The van der Waals surface area contributed by atoms with Crippen molar-refractivity contribution in [2.75, 3.05) is 31.6 Å². The summed E-state index contributed by atoms with van der Waals surface area (Å²) in [6.45, 7) is 4.64. The van der Waals surface area contributed by atoms with E-state index in [0.29, 0.717) is 17.3 Å². The molecule has 6 nitrogen and oxygen atoms in total. The largest absolute Gasteiger partial charge is 0.462 e. The van der Waals surface area contributed by atoms with Crippen molar-refractivity contribution in [1.29, 1.82) is 0 Å². The van der Waals surface area contributed by atoms with E-state index in [0.717, 1.165) is 51.0 Å². The lowest BCUT2D eigenvalue weighted by Crippen LogP contribution is -2.48. The molecule has 0 unspecified atom stereocenters. The lowest BCUT2D eigenvalue weighted by molar-refractivity contribution is -0.133. The highest BCUT2D eigenvalue weighted by molar-refractivity contribution is 7.80. The van der Waals surface area contributed by atoms with Crippen LogP contribution in [0.4, 0.5) is 5.69 Å². The first kappa shape index (κ1) is 18.6. The van der Waals surface area contributed by atoms with E-state index in [4.69, 9.17) is 17.0 Å². The summed E-state index contributed by atoms with van der Waals surface area (Å²) in [5.41, 5.74) is 1.30. The molecule has 2 fully saturated rings. The zero-order valence-electron chi connectivity index (χ0n) is 15.1. The fourth-order valence-corrected chi connectivity index (χ4v) is 3.85. The highest BCUT2D eigenvalue weighted by atomic mass is 32.1. The molecule has 0 aromatic heterocycles. The van der Waals surface area contributed by atoms with E-state index in [9.17, 15) is 9.59 Å². The third-order valence-electron chi connectivity index (χ3n) is 4.86. The SMILES string of the molecule is CCOC(=O)c1ccc(NC(=S)N2CCC[C@@H]2C(=O)N2CCCC2)cc1. The number of hydrogen-bond donors (Lipinski definition) is 1. The van der Waals surface area contributed by atoms with Crippen molar-refractivity contribution in [2.24, 2.45) is 0 Å². The van der Waals surface area contributed by atoms with Gasteiger partial charge in [0.05, 0.1) is 12.2 Å². The van der Waals surface area contributed by atoms with Gasteiger partial charge >= 0.3 is 5.97 Å². The van der Waals surface area contributed by atoms with Crippen LogP contribution in [-0.4, -0.2) is 59.1 Å². The maximum Gasteiger partial charge on any atom is 0.338 e. The monoisotopic (exact) mass is 375 g/mol. The normalized spacial score (nSPS) is 19.5. The van der Waals surface area contributed by atoms with Crippen molar-refractivity contribution in [3.8, 4) is 0 Å². The Balaban J connectivity index is 1.61. The van der Waals surface area contributed by atoms with Gasteiger partial charge < -0.3 is 19.9 Å². The Morgan fingerprint density at radius 1 is 1.15 bits per heavy atom. The van der Waals surface area contributed by atoms with Crippen molar-refractivity contribution in [2.45, 2.75) is 38.6 Å². The number of hydrogen-bond acceptors (Lipinski definition) is 4. The quantitative estimate of drug-likeness (QED) is 0.645. The second-order valence-electron chi connectivity index (χ2n) is 6.61. The van der Waals surface area contributed by atoms with Gasteiger partial charge in [0.15, 0.2) is 5.11 Å². The predicted molar refractivity (Wildman–Crippen MR) is 104 cm³/mol. The number of nitrogens with one attached hydrogen (secondary N) is 1. The Kier molecular flexibility index (Phi) is 6.08. The maximum atomic E-state index is 12.7. The average Bonchev–Trinajstić information content (AvgIpc) is 3.34. The summed E-state index contributed by atoms with van der Waals surface area (Å²) >= 11 is 5.55. The number of esters is 1. The van der Waals surface area contributed by atoms with Gasteiger partial charge in [0.1, 0.15) is 6.04 Å². The van der Waals surface area contributed by atoms with Crippen LogP contribution in [0.2, 0.25) is 0 Å². The number of thiocarbonyl (C=S) groups is 1. The second kappa shape index (κ2) is 8.49. The maximum absolute atomic E-state index is 12.7. The van der Waals surface area contributed by atoms with Crippen LogP contribution in [-0.2, 0) is 9.53 Å². The Labute approximate surface area is 159 Å². The number of carbonyl (C=O) groups excluding carboxylic acids is 2. The fourth-order valence-electron chi connectivity index (χ4n) is 3.51. The van der Waals surface area contributed by atoms with Gasteiger partial charge in [0.2, 0.25) is 5.91 Å². The average molecular weight is 375 g/mol. The Bertz CT molecular complexity index is 671. The predicted octanol–water partition coefficient (Wildman–Crippen LogP) is 2.65. The van der Waals surface area contributed by atoms with Gasteiger partial charge in [-0.2, -0.15) is 0 Å². The molecule has 2 saturated heterocycles. The Morgan fingerprint density at radius 2 is 1.85 bits per heavy atom. The minimum absolute atomic E-state index is 0.160. The highest BCUT2D eigenvalue weighted by Gasteiger charge is 2.35. The van der Waals surface area contributed by atoms with Gasteiger partial charge in [-0.3, -0.25) is 4.79 Å². The molecule has 1 aromatic rings. The minimum Gasteiger partial charge on any atom is -0.462 e. The summed E-state index contributed by atoms with van der Waals surface area (Å²) in [6, 6.07) is 6.85. The molecular weight excluding hydrogens is 350 g/mol. The van der Waals surface area contributed by atoms with Gasteiger partial charge in [-0.05, 0) is 69.1 Å². The molecule has 1 atom stereocenters. The lowest BCUT2D eigenvalue weighted by Gasteiger charge is -2.29. The lowest BCUT2D eigenvalue weighted by atomic mass is 10.2. The number of benzene rings is 1. The highest BCUT2D eigenvalue weighted by Crippen LogP contribution is 2.23. The number of rotatable bonds is 4. The number of carbonyl (C=O) groups is 2. The van der Waals surface area contributed by atoms with Crippen molar-refractivity contribution in [3.63, 3.8) is 0 Å². The summed E-state index contributed by atoms with van der Waals surface area (Å²) < 4.78 is 4.98. The van der Waals surface area contributed by atoms with E-state index >= 15 is 0 Å². The molecular formula is C19H25N3O3S. The van der Waals surface area contributed by atoms with Crippen LogP contribution in [0, 0.1) is 0 Å². The van der Waals surface area contributed by atoms with Crippen LogP contribution >= 0.6 is 12.2 Å². The molecule has 2 aliphatic heterocycles. The van der Waals surface area contributed by atoms with Crippen LogP contribution in [0.1, 0.15) is 43.0 Å². The summed E-state index contributed by atoms with van der Waals surface area (Å²) in [4.78, 5) is 28.4. The third kappa shape index (κ3) is 4.15. The smallest absolute Gasteiger partial charge is 0.338 e. The second-order valence-corrected chi connectivity index (χ2v) is 7.00. The molecule has 0 saturated carbocycles. The van der Waals surface area contributed by atoms with Crippen LogP contribution in [0.25, 0.3) is 0 Å². The number of nitrogens with zero attached hydrogens (tertiary/aromatic N) is 2. The van der Waals surface area contributed by atoms with Gasteiger partial charge in [-0.25, -0.2) is 4.79 Å². The Morgan fingerprint density at radius 3 is 2.50 bits per heavy atom. The molecule has 3 rings (SSSR count). The first-order valence-corrected chi connectivity index (χ1v) is 9.64. The third-order valence-corrected chi connectivity index (χ3v) is 5.20. The van der Waals surface area contributed by atoms with Gasteiger partial charge in [0.25, 0.3) is 0 Å². The minimum atomic E-state index is -0.336. The molecule has 0 spiro atoms. The summed E-state index contributed by atoms with van der Waals surface area (Å²) in [6.07, 6.45) is 3.99. The molecule has 2 heterocycles. The van der Waals surface area contributed by atoms with Crippen LogP contribution in [0.5, 0.6) is 0 Å². The summed E-state index contributed by atoms with van der Waals surface area (Å²) in [5, 5.41) is 3.75. The van der Waals surface area contributed by atoms with E-state index in [2.05, 4.69) is 5.32 Å². The van der Waals surface area contributed by atoms with Crippen molar-refractivity contribution in [3.05, 3.63) is 29.8 Å². The van der Waals surface area contributed by atoms with Gasteiger partial charge in [-0.1, -0.05) is 0 Å². The van der Waals surface area contributed by atoms with Crippen LogP contribution < -0.4 is 5.32 Å². The first-order valence-electron chi connectivity index (χ1n) is 9.23. The number of likely N-dealkylation sites (tertiary alicyclic amines) is 2. The van der Waals surface area contributed by atoms with E-state index in [1.807, 2.05) is 9.80 Å². The van der Waals surface area contributed by atoms with Crippen molar-refractivity contribution in [1.82, 2.24) is 9.80 Å². The van der Waals surface area contributed by atoms with Gasteiger partial charge in [0, 0.05) is 25.3 Å². The zero-order chi connectivity index (χ0) is 18.5. The van der Waals surface area contributed by atoms with E-state index in [1.165, 1.54) is 0 Å². The molecule has 1 amide bonds. The van der Waals surface area contributed by atoms with E-state index < -0.39 is 0 Å². The number of amides is 1. The van der Waals surface area contributed by atoms with Crippen LogP contribution in [0.15, 0.2) is 24.3 Å². The van der Waals surface area contributed by atoms with Crippen molar-refractivity contribution >= 4 is 34.9 Å². The molecule has 7 heteroatoms. The topological polar surface area (TPSA) is 61.9 Å². The fraction of sp³-hybridized carbons (Fsp3) is 0.526. The molecule has 0 aliphatic carbocycles. The molecule has 0 bridgehead atoms. The van der Waals surface area contributed by atoms with E-state index in [1.54, 1.807) is 31.2 Å². The molecule has 2 aliphatic rings. The Hall–Kier alpha value is -2.15. The molecule has 0 radical (unpaired) electrons. The number of ether oxygens (including phenoxy) is 1. The first-order chi connectivity index (χ1) is 12.6. The molecule has 1 N–H and O–H groups in total. The molecule has 26 heavy (non-hydrogen) atoms. The zero-order valence-corrected chi connectivity index (χ0v) is 15.9.